The van der Waals surface area contributed by atoms with E-state index < -0.39 is 26.8 Å². The van der Waals surface area contributed by atoms with Crippen molar-refractivity contribution in [2.45, 2.75) is 51.2 Å². The van der Waals surface area contributed by atoms with Gasteiger partial charge in [0, 0.05) is 17.9 Å². The summed E-state index contributed by atoms with van der Waals surface area (Å²) in [4.78, 5) is 25.0. The Morgan fingerprint density at radius 3 is 2.32 bits per heavy atom. The number of rotatable bonds is 11. The van der Waals surface area contributed by atoms with E-state index in [1.807, 2.05) is 40.3 Å². The van der Waals surface area contributed by atoms with Crippen LogP contribution in [0.5, 0.6) is 0 Å². The number of amides is 1. The van der Waals surface area contributed by atoms with Crippen LogP contribution < -0.4 is 4.72 Å². The third-order valence-electron chi connectivity index (χ3n) is 5.48. The number of carbonyl (C=O) groups excluding carboxylic acids is 2. The molecule has 0 bridgehead atoms. The van der Waals surface area contributed by atoms with Gasteiger partial charge >= 0.3 is 12.1 Å². The summed E-state index contributed by atoms with van der Waals surface area (Å²) < 4.78 is 39.6. The van der Waals surface area contributed by atoms with E-state index in [0.29, 0.717) is 34.1 Å². The van der Waals surface area contributed by atoms with E-state index in [9.17, 15) is 18.0 Å². The third kappa shape index (κ3) is 6.98. The number of hydrogen-bond acceptors (Lipinski definition) is 8. The van der Waals surface area contributed by atoms with E-state index in [1.165, 1.54) is 6.07 Å². The predicted octanol–water partition coefficient (Wildman–Crippen LogP) is 4.70. The second kappa shape index (κ2) is 12.9. The van der Waals surface area contributed by atoms with Crippen molar-refractivity contribution < 1.29 is 27.5 Å². The van der Waals surface area contributed by atoms with Crippen molar-refractivity contribution in [1.29, 1.82) is 0 Å². The molecule has 1 atom stereocenters. The topological polar surface area (TPSA) is 114 Å². The molecule has 2 aromatic rings. The standard InChI is InChI=1S/C26H33N3O6S2/c1-5-8-17-29-27-19(4)24(25(30)34-6-2)36(29)18-20-13-15-21(16-14-20)22-11-9-10-12-23(22)37(32,33)28-26(31)35-7-3/h9-16H,5-8,17-18H2,1-4H3,(H,28,31). The van der Waals surface area contributed by atoms with Crippen LogP contribution >= 0.6 is 10.7 Å². The maximum atomic E-state index is 12.8. The first-order valence-corrected chi connectivity index (χ1v) is 15.0. The molecule has 3 rings (SSSR count). The molecule has 1 unspecified atom stereocenters. The maximum absolute atomic E-state index is 12.8. The molecule has 11 heteroatoms. The quantitative estimate of drug-likeness (QED) is 0.320. The fraction of sp³-hybridized carbons (Fsp3) is 0.385. The second-order valence-corrected chi connectivity index (χ2v) is 11.7. The molecule has 0 aromatic heterocycles. The minimum atomic E-state index is -4.13. The Kier molecular flexibility index (Phi) is 9.87. The number of esters is 1. The molecule has 2 aromatic carbocycles. The van der Waals surface area contributed by atoms with Gasteiger partial charge in [-0.3, -0.25) is 0 Å². The van der Waals surface area contributed by atoms with Crippen LogP contribution in [0.3, 0.4) is 0 Å². The van der Waals surface area contributed by atoms with Crippen molar-refractivity contribution in [3.8, 4) is 11.1 Å². The highest BCUT2D eigenvalue weighted by atomic mass is 32.2. The summed E-state index contributed by atoms with van der Waals surface area (Å²) in [7, 11) is -4.71. The fourth-order valence-electron chi connectivity index (χ4n) is 3.78. The molecule has 0 fully saturated rings. The number of hydrogen-bond donors (Lipinski definition) is 1. The Hall–Kier alpha value is -3.18. The van der Waals surface area contributed by atoms with E-state index in [1.54, 1.807) is 32.0 Å². The van der Waals surface area contributed by atoms with Crippen LogP contribution in [0.4, 0.5) is 4.79 Å². The van der Waals surface area contributed by atoms with Crippen molar-refractivity contribution in [3.05, 3.63) is 54.1 Å². The minimum Gasteiger partial charge on any atom is -0.462 e. The molecule has 9 nitrogen and oxygen atoms in total. The van der Waals surface area contributed by atoms with E-state index in [2.05, 4.69) is 12.0 Å². The van der Waals surface area contributed by atoms with E-state index >= 15 is 0 Å². The molecule has 1 aliphatic rings. The van der Waals surface area contributed by atoms with Gasteiger partial charge in [-0.15, -0.1) is 0 Å². The lowest BCUT2D eigenvalue weighted by atomic mass is 10.0. The average Bonchev–Trinajstić information content (AvgIpc) is 3.17. The second-order valence-electron chi connectivity index (χ2n) is 8.19. The van der Waals surface area contributed by atoms with Crippen molar-refractivity contribution in [2.75, 3.05) is 19.8 Å². The zero-order valence-corrected chi connectivity index (χ0v) is 23.2. The SMILES string of the molecule is CCCCN1N=C(C)C(C(=O)OCC)=S1Cc1ccc(-c2ccccc2S(=O)(=O)NC(=O)OCC)cc1. The van der Waals surface area contributed by atoms with Crippen molar-refractivity contribution in [2.24, 2.45) is 5.10 Å². The van der Waals surface area contributed by atoms with Gasteiger partial charge in [-0.05, 0) is 44.4 Å². The number of nitrogens with zero attached hydrogens (tertiary/aromatic N) is 2. The van der Waals surface area contributed by atoms with Crippen LogP contribution in [0.15, 0.2) is 58.5 Å². The van der Waals surface area contributed by atoms with Gasteiger partial charge in [-0.1, -0.05) is 66.5 Å². The maximum Gasteiger partial charge on any atom is 0.421 e. The van der Waals surface area contributed by atoms with E-state index in [-0.39, 0.29) is 17.5 Å². The molecular formula is C26H33N3O6S2. The Bertz CT molecular complexity index is 1300. The van der Waals surface area contributed by atoms with Crippen molar-refractivity contribution in [3.63, 3.8) is 0 Å². The van der Waals surface area contributed by atoms with Gasteiger partial charge in [0.2, 0.25) is 0 Å². The number of benzene rings is 2. The largest absolute Gasteiger partial charge is 0.462 e. The highest BCUT2D eigenvalue weighted by molar-refractivity contribution is 8.15. The summed E-state index contributed by atoms with van der Waals surface area (Å²) in [6.07, 6.45) is 0.948. The molecule has 1 amide bonds. The highest BCUT2D eigenvalue weighted by Crippen LogP contribution is 2.35. The molecule has 1 N–H and O–H groups in total. The number of unbranched alkanes of at least 4 members (excludes halogenated alkanes) is 1. The van der Waals surface area contributed by atoms with Crippen molar-refractivity contribution >= 4 is 43.3 Å². The lowest BCUT2D eigenvalue weighted by Crippen LogP contribution is -2.31. The normalized spacial score (nSPS) is 15.4. The van der Waals surface area contributed by atoms with Gasteiger partial charge in [-0.2, -0.15) is 5.10 Å². The Balaban J connectivity index is 1.91. The first-order valence-electron chi connectivity index (χ1n) is 12.2. The Morgan fingerprint density at radius 1 is 1.00 bits per heavy atom. The first-order chi connectivity index (χ1) is 17.7. The van der Waals surface area contributed by atoms with Crippen molar-refractivity contribution in [1.82, 2.24) is 9.14 Å². The number of sulfonamides is 1. The summed E-state index contributed by atoms with van der Waals surface area (Å²) >= 11 is 0. The summed E-state index contributed by atoms with van der Waals surface area (Å²) in [5.74, 6) is 0.236. The van der Waals surface area contributed by atoms with Gasteiger partial charge in [0.05, 0.1) is 23.8 Å². The number of carbonyl (C=O) groups is 2. The predicted molar refractivity (Wildman–Crippen MR) is 147 cm³/mol. The number of hydrazone groups is 1. The number of nitrogens with one attached hydrogen (secondary N) is 1. The minimum absolute atomic E-state index is 0.0267. The van der Waals surface area contributed by atoms with Crippen LogP contribution in [-0.2, 0) is 30.0 Å². The molecule has 1 heterocycles. The zero-order valence-electron chi connectivity index (χ0n) is 21.5. The highest BCUT2D eigenvalue weighted by Gasteiger charge is 2.29. The number of ether oxygens (including phenoxy) is 2. The van der Waals surface area contributed by atoms with Crippen LogP contribution in [0.25, 0.3) is 11.1 Å². The summed E-state index contributed by atoms with van der Waals surface area (Å²) in [5.41, 5.74) is 2.79. The summed E-state index contributed by atoms with van der Waals surface area (Å²) in [6.45, 7) is 8.43. The van der Waals surface area contributed by atoms with Crippen LogP contribution in [0, 0.1) is 0 Å². The zero-order chi connectivity index (χ0) is 27.0. The van der Waals surface area contributed by atoms with Gasteiger partial charge in [0.1, 0.15) is 4.86 Å². The van der Waals surface area contributed by atoms with E-state index in [4.69, 9.17) is 9.47 Å². The third-order valence-corrected chi connectivity index (χ3v) is 9.17. The molecule has 0 saturated heterocycles. The van der Waals surface area contributed by atoms with Crippen LogP contribution in [0.2, 0.25) is 0 Å². The van der Waals surface area contributed by atoms with Gasteiger partial charge in [-0.25, -0.2) is 27.1 Å². The lowest BCUT2D eigenvalue weighted by molar-refractivity contribution is -0.134. The van der Waals surface area contributed by atoms with Crippen LogP contribution in [0.1, 0.15) is 46.1 Å². The first kappa shape index (κ1) is 28.4. The van der Waals surface area contributed by atoms with E-state index in [0.717, 1.165) is 24.9 Å². The summed E-state index contributed by atoms with van der Waals surface area (Å²) in [6, 6.07) is 14.0. The van der Waals surface area contributed by atoms with Gasteiger partial charge < -0.3 is 9.47 Å². The van der Waals surface area contributed by atoms with Gasteiger partial charge in [0.15, 0.2) is 0 Å². The fourth-order valence-corrected chi connectivity index (χ4v) is 7.12. The van der Waals surface area contributed by atoms with Crippen LogP contribution in [-0.4, -0.2) is 55.2 Å². The molecule has 0 saturated carbocycles. The Morgan fingerprint density at radius 2 is 1.68 bits per heavy atom. The molecular weight excluding hydrogens is 514 g/mol. The molecule has 37 heavy (non-hydrogen) atoms. The monoisotopic (exact) mass is 547 g/mol. The Labute approximate surface area is 221 Å². The molecule has 0 aliphatic carbocycles. The smallest absolute Gasteiger partial charge is 0.421 e. The average molecular weight is 548 g/mol. The lowest BCUT2D eigenvalue weighted by Gasteiger charge is -2.20. The molecule has 0 radical (unpaired) electrons. The summed E-state index contributed by atoms with van der Waals surface area (Å²) in [5, 5.41) is 4.64. The molecule has 0 spiro atoms. The molecule has 200 valence electrons. The van der Waals surface area contributed by atoms with Gasteiger partial charge in [0.25, 0.3) is 10.0 Å². The molecule has 1 aliphatic heterocycles.